The zero-order valence-corrected chi connectivity index (χ0v) is 16.5. The number of rotatable bonds is 6. The highest BCUT2D eigenvalue weighted by atomic mass is 16.5. The van der Waals surface area contributed by atoms with Gasteiger partial charge in [0.15, 0.2) is 0 Å². The molecule has 0 bridgehead atoms. The summed E-state index contributed by atoms with van der Waals surface area (Å²) in [5, 5.41) is 18.1. The SMILES string of the molecule is COC(=O)c1ccc(COC(=O)c2ccc(Oc3ccc(C#N)c(C#N)c3)cc2)cc1. The summed E-state index contributed by atoms with van der Waals surface area (Å²) >= 11 is 0. The number of carbonyl (C=O) groups is 2. The van der Waals surface area contributed by atoms with Gasteiger partial charge in [-0.2, -0.15) is 10.5 Å². The Morgan fingerprint density at radius 1 is 0.774 bits per heavy atom. The van der Waals surface area contributed by atoms with Crippen molar-refractivity contribution in [2.24, 2.45) is 0 Å². The van der Waals surface area contributed by atoms with Crippen LogP contribution in [0, 0.1) is 22.7 Å². The van der Waals surface area contributed by atoms with Gasteiger partial charge < -0.3 is 14.2 Å². The monoisotopic (exact) mass is 412 g/mol. The van der Waals surface area contributed by atoms with Crippen molar-refractivity contribution >= 4 is 11.9 Å². The third-order valence-corrected chi connectivity index (χ3v) is 4.30. The molecule has 0 radical (unpaired) electrons. The molecule has 0 aliphatic carbocycles. The highest BCUT2D eigenvalue weighted by Gasteiger charge is 2.10. The predicted molar refractivity (Wildman–Crippen MR) is 109 cm³/mol. The lowest BCUT2D eigenvalue weighted by molar-refractivity contribution is 0.0471. The number of hydrogen-bond acceptors (Lipinski definition) is 7. The summed E-state index contributed by atoms with van der Waals surface area (Å²) in [5.41, 5.74) is 1.98. The predicted octanol–water partition coefficient (Wildman–Crippen LogP) is 4.37. The van der Waals surface area contributed by atoms with Crippen LogP contribution in [-0.2, 0) is 16.1 Å². The Labute approximate surface area is 178 Å². The van der Waals surface area contributed by atoms with Crippen LogP contribution in [0.2, 0.25) is 0 Å². The number of nitriles is 2. The van der Waals surface area contributed by atoms with Crippen molar-refractivity contribution in [3.63, 3.8) is 0 Å². The molecule has 0 heterocycles. The van der Waals surface area contributed by atoms with Gasteiger partial charge in [0.2, 0.25) is 0 Å². The van der Waals surface area contributed by atoms with E-state index < -0.39 is 11.9 Å². The molecule has 0 saturated heterocycles. The van der Waals surface area contributed by atoms with Crippen molar-refractivity contribution in [1.82, 2.24) is 0 Å². The minimum atomic E-state index is -0.506. The number of esters is 2. The molecule has 0 unspecified atom stereocenters. The molecule has 0 aliphatic heterocycles. The van der Waals surface area contributed by atoms with Crippen molar-refractivity contribution in [3.05, 3.63) is 94.5 Å². The molecular weight excluding hydrogens is 396 g/mol. The van der Waals surface area contributed by atoms with E-state index in [0.29, 0.717) is 22.6 Å². The van der Waals surface area contributed by atoms with Crippen molar-refractivity contribution in [2.45, 2.75) is 6.61 Å². The molecular formula is C24H16N2O5. The van der Waals surface area contributed by atoms with Crippen LogP contribution in [0.25, 0.3) is 0 Å². The van der Waals surface area contributed by atoms with Crippen LogP contribution < -0.4 is 4.74 Å². The average molecular weight is 412 g/mol. The zero-order chi connectivity index (χ0) is 22.2. The van der Waals surface area contributed by atoms with E-state index in [4.69, 9.17) is 20.0 Å². The van der Waals surface area contributed by atoms with E-state index in [1.165, 1.54) is 19.2 Å². The topological polar surface area (TPSA) is 109 Å². The smallest absolute Gasteiger partial charge is 0.338 e. The molecule has 0 N–H and O–H groups in total. The first kappa shape index (κ1) is 21.1. The van der Waals surface area contributed by atoms with E-state index >= 15 is 0 Å². The molecule has 7 nitrogen and oxygen atoms in total. The van der Waals surface area contributed by atoms with Crippen LogP contribution in [0.4, 0.5) is 0 Å². The molecule has 3 aromatic rings. The van der Waals surface area contributed by atoms with E-state index in [1.807, 2.05) is 12.1 Å². The molecule has 152 valence electrons. The van der Waals surface area contributed by atoms with Gasteiger partial charge in [-0.25, -0.2) is 9.59 Å². The summed E-state index contributed by atoms with van der Waals surface area (Å²) < 4.78 is 15.6. The number of nitrogens with zero attached hydrogens (tertiary/aromatic N) is 2. The quantitative estimate of drug-likeness (QED) is 0.553. The maximum atomic E-state index is 12.3. The third kappa shape index (κ3) is 5.26. The van der Waals surface area contributed by atoms with E-state index in [-0.39, 0.29) is 17.7 Å². The number of hydrogen-bond donors (Lipinski definition) is 0. The maximum absolute atomic E-state index is 12.3. The molecule has 31 heavy (non-hydrogen) atoms. The van der Waals surface area contributed by atoms with E-state index in [9.17, 15) is 9.59 Å². The highest BCUT2D eigenvalue weighted by Crippen LogP contribution is 2.24. The number of ether oxygens (including phenoxy) is 3. The fourth-order valence-corrected chi connectivity index (χ4v) is 2.66. The number of methoxy groups -OCH3 is 1. The van der Waals surface area contributed by atoms with Crippen molar-refractivity contribution < 1.29 is 23.8 Å². The van der Waals surface area contributed by atoms with Gasteiger partial charge in [0.05, 0.1) is 29.4 Å². The van der Waals surface area contributed by atoms with E-state index in [1.54, 1.807) is 54.6 Å². The number of benzene rings is 3. The van der Waals surface area contributed by atoms with Crippen LogP contribution in [-0.4, -0.2) is 19.0 Å². The van der Waals surface area contributed by atoms with Crippen LogP contribution >= 0.6 is 0 Å². The van der Waals surface area contributed by atoms with Crippen LogP contribution in [0.3, 0.4) is 0 Å². The van der Waals surface area contributed by atoms with Crippen LogP contribution in [0.5, 0.6) is 11.5 Å². The van der Waals surface area contributed by atoms with Gasteiger partial charge >= 0.3 is 11.9 Å². The second-order valence-electron chi connectivity index (χ2n) is 6.32. The molecule has 3 aromatic carbocycles. The Bertz CT molecular complexity index is 1190. The summed E-state index contributed by atoms with van der Waals surface area (Å²) in [4.78, 5) is 23.7. The molecule has 0 spiro atoms. The number of carbonyl (C=O) groups excluding carboxylic acids is 2. The second-order valence-corrected chi connectivity index (χ2v) is 6.32. The lowest BCUT2D eigenvalue weighted by atomic mass is 10.1. The lowest BCUT2D eigenvalue weighted by Crippen LogP contribution is -2.06. The Morgan fingerprint density at radius 2 is 1.35 bits per heavy atom. The fraction of sp³-hybridized carbons (Fsp3) is 0.0833. The summed E-state index contributed by atoms with van der Waals surface area (Å²) in [6.45, 7) is 0.0563. The minimum Gasteiger partial charge on any atom is -0.465 e. The molecule has 7 heteroatoms. The first-order valence-corrected chi connectivity index (χ1v) is 9.10. The highest BCUT2D eigenvalue weighted by molar-refractivity contribution is 5.90. The summed E-state index contributed by atoms with van der Waals surface area (Å²) in [6.07, 6.45) is 0. The first-order valence-electron chi connectivity index (χ1n) is 9.10. The second kappa shape index (κ2) is 9.73. The van der Waals surface area contributed by atoms with Crippen LogP contribution in [0.1, 0.15) is 37.4 Å². The van der Waals surface area contributed by atoms with Crippen molar-refractivity contribution in [1.29, 1.82) is 10.5 Å². The van der Waals surface area contributed by atoms with E-state index in [2.05, 4.69) is 4.74 Å². The fourth-order valence-electron chi connectivity index (χ4n) is 2.66. The van der Waals surface area contributed by atoms with Crippen LogP contribution in [0.15, 0.2) is 66.7 Å². The van der Waals surface area contributed by atoms with Gasteiger partial charge in [-0.3, -0.25) is 0 Å². The molecule has 0 saturated carbocycles. The molecule has 0 fully saturated rings. The third-order valence-electron chi connectivity index (χ3n) is 4.30. The maximum Gasteiger partial charge on any atom is 0.338 e. The Hall–Kier alpha value is -4.62. The average Bonchev–Trinajstić information content (AvgIpc) is 2.82. The Kier molecular flexibility index (Phi) is 6.62. The first-order chi connectivity index (χ1) is 15.0. The van der Waals surface area contributed by atoms with Gasteiger partial charge in [0.1, 0.15) is 30.2 Å². The normalized spacial score (nSPS) is 9.77. The van der Waals surface area contributed by atoms with Gasteiger partial charge in [-0.1, -0.05) is 12.1 Å². The summed E-state index contributed by atoms with van der Waals surface area (Å²) in [5.74, 6) is -0.0748. The standard InChI is InChI=1S/C24H16N2O5/c1-29-23(27)17-4-2-16(3-5-17)15-30-24(28)18-6-9-21(10-7-18)31-22-11-8-19(13-25)20(12-22)14-26/h2-12H,15H2,1H3. The van der Waals surface area contributed by atoms with Crippen molar-refractivity contribution in [2.75, 3.05) is 7.11 Å². The Morgan fingerprint density at radius 3 is 1.97 bits per heavy atom. The summed E-state index contributed by atoms with van der Waals surface area (Å²) in [6, 6.07) is 21.4. The van der Waals surface area contributed by atoms with Gasteiger partial charge in [0.25, 0.3) is 0 Å². The van der Waals surface area contributed by atoms with Gasteiger partial charge in [-0.15, -0.1) is 0 Å². The molecule has 0 aliphatic rings. The zero-order valence-electron chi connectivity index (χ0n) is 16.5. The molecule has 3 rings (SSSR count). The summed E-state index contributed by atoms with van der Waals surface area (Å²) in [7, 11) is 1.31. The molecule has 0 amide bonds. The van der Waals surface area contributed by atoms with Gasteiger partial charge in [0, 0.05) is 0 Å². The van der Waals surface area contributed by atoms with Crippen molar-refractivity contribution in [3.8, 4) is 23.6 Å². The van der Waals surface area contributed by atoms with E-state index in [0.717, 1.165) is 5.56 Å². The largest absolute Gasteiger partial charge is 0.465 e. The molecule has 0 aromatic heterocycles. The lowest BCUT2D eigenvalue weighted by Gasteiger charge is -2.08. The Balaban J connectivity index is 1.59. The van der Waals surface area contributed by atoms with Gasteiger partial charge in [-0.05, 0) is 60.2 Å². The molecule has 0 atom stereocenters. The minimum absolute atomic E-state index is 0.0563.